The maximum absolute atomic E-state index is 10.7. The molecule has 0 saturated carbocycles. The summed E-state index contributed by atoms with van der Waals surface area (Å²) >= 11 is 15.5. The summed E-state index contributed by atoms with van der Waals surface area (Å²) in [5.41, 5.74) is 0.178. The van der Waals surface area contributed by atoms with Crippen LogP contribution in [0.2, 0.25) is 10.0 Å². The van der Waals surface area contributed by atoms with Gasteiger partial charge in [0.15, 0.2) is 0 Å². The van der Waals surface area contributed by atoms with Gasteiger partial charge in [0.2, 0.25) is 0 Å². The van der Waals surface area contributed by atoms with E-state index in [9.17, 15) is 5.11 Å². The SMILES string of the molecule is CC(O)(c1cccc(Cl)c1)c1ccc(Br)cc1Cl. The van der Waals surface area contributed by atoms with Crippen LogP contribution in [-0.4, -0.2) is 5.11 Å². The van der Waals surface area contributed by atoms with Crippen LogP contribution in [-0.2, 0) is 5.60 Å². The van der Waals surface area contributed by atoms with E-state index in [-0.39, 0.29) is 0 Å². The zero-order chi connectivity index (χ0) is 13.3. The number of hydrogen-bond acceptors (Lipinski definition) is 1. The van der Waals surface area contributed by atoms with E-state index in [0.717, 1.165) is 4.47 Å². The summed E-state index contributed by atoms with van der Waals surface area (Å²) in [6, 6.07) is 12.5. The van der Waals surface area contributed by atoms with Gasteiger partial charge in [0, 0.05) is 20.1 Å². The third-order valence-electron chi connectivity index (χ3n) is 2.84. The summed E-state index contributed by atoms with van der Waals surface area (Å²) in [5, 5.41) is 11.8. The molecule has 4 heteroatoms. The van der Waals surface area contributed by atoms with Gasteiger partial charge in [0.1, 0.15) is 5.60 Å². The Morgan fingerprint density at radius 1 is 1.11 bits per heavy atom. The highest BCUT2D eigenvalue weighted by atomic mass is 79.9. The van der Waals surface area contributed by atoms with Gasteiger partial charge in [-0.15, -0.1) is 0 Å². The van der Waals surface area contributed by atoms with E-state index < -0.39 is 5.60 Å². The minimum atomic E-state index is -1.18. The summed E-state index contributed by atoms with van der Waals surface area (Å²) in [5.74, 6) is 0. The molecule has 0 spiro atoms. The average Bonchev–Trinajstić information content (AvgIpc) is 2.28. The number of benzene rings is 2. The molecule has 0 bridgehead atoms. The number of hydrogen-bond donors (Lipinski definition) is 1. The first kappa shape index (κ1) is 13.9. The van der Waals surface area contributed by atoms with Crippen LogP contribution in [0.4, 0.5) is 0 Å². The van der Waals surface area contributed by atoms with Gasteiger partial charge in [-0.3, -0.25) is 0 Å². The molecule has 2 rings (SSSR count). The number of halogens is 3. The van der Waals surface area contributed by atoms with E-state index in [2.05, 4.69) is 15.9 Å². The molecule has 1 atom stereocenters. The van der Waals surface area contributed by atoms with E-state index in [4.69, 9.17) is 23.2 Å². The second-order valence-electron chi connectivity index (χ2n) is 4.21. The molecule has 0 amide bonds. The first-order valence-electron chi connectivity index (χ1n) is 5.35. The van der Waals surface area contributed by atoms with Crippen LogP contribution < -0.4 is 0 Å². The molecule has 0 aliphatic carbocycles. The Bertz CT molecular complexity index is 582. The normalized spacial score (nSPS) is 14.3. The minimum absolute atomic E-state index is 0.509. The Hall–Kier alpha value is -0.540. The van der Waals surface area contributed by atoms with E-state index in [1.807, 2.05) is 12.1 Å². The molecule has 0 aromatic heterocycles. The van der Waals surface area contributed by atoms with Crippen LogP contribution in [0.3, 0.4) is 0 Å². The van der Waals surface area contributed by atoms with Crippen molar-refractivity contribution in [3.05, 3.63) is 68.1 Å². The number of aliphatic hydroxyl groups is 1. The zero-order valence-electron chi connectivity index (χ0n) is 9.62. The quantitative estimate of drug-likeness (QED) is 0.810. The van der Waals surface area contributed by atoms with Crippen LogP contribution in [0, 0.1) is 0 Å². The summed E-state index contributed by atoms with van der Waals surface area (Å²) < 4.78 is 0.873. The highest BCUT2D eigenvalue weighted by Gasteiger charge is 2.28. The molecular formula is C14H11BrCl2O. The van der Waals surface area contributed by atoms with Crippen molar-refractivity contribution >= 4 is 39.1 Å². The van der Waals surface area contributed by atoms with Crippen molar-refractivity contribution in [3.8, 4) is 0 Å². The van der Waals surface area contributed by atoms with Crippen molar-refractivity contribution in [1.82, 2.24) is 0 Å². The molecule has 1 nitrogen and oxygen atoms in total. The molecule has 94 valence electrons. The molecule has 0 saturated heterocycles. The van der Waals surface area contributed by atoms with Crippen LogP contribution >= 0.6 is 39.1 Å². The van der Waals surface area contributed by atoms with Crippen molar-refractivity contribution in [3.63, 3.8) is 0 Å². The molecule has 18 heavy (non-hydrogen) atoms. The van der Waals surface area contributed by atoms with Crippen molar-refractivity contribution in [2.45, 2.75) is 12.5 Å². The molecule has 2 aromatic rings. The topological polar surface area (TPSA) is 20.2 Å². The largest absolute Gasteiger partial charge is 0.381 e. The van der Waals surface area contributed by atoms with Gasteiger partial charge in [-0.25, -0.2) is 0 Å². The Labute approximate surface area is 124 Å². The van der Waals surface area contributed by atoms with Crippen molar-refractivity contribution < 1.29 is 5.11 Å². The molecule has 1 unspecified atom stereocenters. The maximum atomic E-state index is 10.7. The smallest absolute Gasteiger partial charge is 0.113 e. The van der Waals surface area contributed by atoms with Gasteiger partial charge in [0.05, 0.1) is 0 Å². The fourth-order valence-corrected chi connectivity index (χ4v) is 2.88. The fraction of sp³-hybridized carbons (Fsp3) is 0.143. The predicted octanol–water partition coefficient (Wildman–Crippen LogP) is 5.01. The lowest BCUT2D eigenvalue weighted by molar-refractivity contribution is 0.102. The Kier molecular flexibility index (Phi) is 4.02. The van der Waals surface area contributed by atoms with Gasteiger partial charge in [0.25, 0.3) is 0 Å². The van der Waals surface area contributed by atoms with Crippen LogP contribution in [0.15, 0.2) is 46.9 Å². The molecule has 0 fully saturated rings. The van der Waals surface area contributed by atoms with Crippen LogP contribution in [0.25, 0.3) is 0 Å². The lowest BCUT2D eigenvalue weighted by Gasteiger charge is -2.26. The van der Waals surface area contributed by atoms with E-state index >= 15 is 0 Å². The van der Waals surface area contributed by atoms with Crippen LogP contribution in [0.5, 0.6) is 0 Å². The van der Waals surface area contributed by atoms with E-state index in [1.54, 1.807) is 37.3 Å². The second kappa shape index (κ2) is 5.22. The summed E-state index contributed by atoms with van der Waals surface area (Å²) in [7, 11) is 0. The summed E-state index contributed by atoms with van der Waals surface area (Å²) in [4.78, 5) is 0. The second-order valence-corrected chi connectivity index (χ2v) is 5.97. The standard InChI is InChI=1S/C14H11BrCl2O/c1-14(18,9-3-2-4-11(16)7-9)12-6-5-10(15)8-13(12)17/h2-8,18H,1H3. The van der Waals surface area contributed by atoms with E-state index in [1.165, 1.54) is 0 Å². The van der Waals surface area contributed by atoms with E-state index in [0.29, 0.717) is 21.2 Å². The van der Waals surface area contributed by atoms with Crippen molar-refractivity contribution in [2.75, 3.05) is 0 Å². The molecule has 0 radical (unpaired) electrons. The van der Waals surface area contributed by atoms with Crippen molar-refractivity contribution in [1.29, 1.82) is 0 Å². The highest BCUT2D eigenvalue weighted by Crippen LogP contribution is 2.35. The van der Waals surface area contributed by atoms with Crippen molar-refractivity contribution in [2.24, 2.45) is 0 Å². The van der Waals surface area contributed by atoms with Gasteiger partial charge < -0.3 is 5.11 Å². The van der Waals surface area contributed by atoms with Gasteiger partial charge >= 0.3 is 0 Å². The molecule has 2 aromatic carbocycles. The zero-order valence-corrected chi connectivity index (χ0v) is 12.7. The van der Waals surface area contributed by atoms with Gasteiger partial charge in [-0.05, 0) is 36.8 Å². The Balaban J connectivity index is 2.53. The molecule has 0 aliphatic heterocycles. The number of rotatable bonds is 2. The Morgan fingerprint density at radius 2 is 1.83 bits per heavy atom. The van der Waals surface area contributed by atoms with Crippen LogP contribution in [0.1, 0.15) is 18.1 Å². The lowest BCUT2D eigenvalue weighted by Crippen LogP contribution is -2.23. The monoisotopic (exact) mass is 344 g/mol. The highest BCUT2D eigenvalue weighted by molar-refractivity contribution is 9.10. The summed E-state index contributed by atoms with van der Waals surface area (Å²) in [6.45, 7) is 1.70. The minimum Gasteiger partial charge on any atom is -0.381 e. The third kappa shape index (κ3) is 2.72. The maximum Gasteiger partial charge on any atom is 0.113 e. The molecule has 1 N–H and O–H groups in total. The van der Waals surface area contributed by atoms with Gasteiger partial charge in [-0.2, -0.15) is 0 Å². The molecule has 0 heterocycles. The average molecular weight is 346 g/mol. The molecular weight excluding hydrogens is 335 g/mol. The fourth-order valence-electron chi connectivity index (χ4n) is 1.83. The Morgan fingerprint density at radius 3 is 2.44 bits per heavy atom. The third-order valence-corrected chi connectivity index (χ3v) is 3.88. The first-order chi connectivity index (χ1) is 8.41. The summed E-state index contributed by atoms with van der Waals surface area (Å²) in [6.07, 6.45) is 0. The molecule has 0 aliphatic rings. The van der Waals surface area contributed by atoms with Gasteiger partial charge in [-0.1, -0.05) is 57.3 Å². The lowest BCUT2D eigenvalue weighted by atomic mass is 9.88. The first-order valence-corrected chi connectivity index (χ1v) is 6.90. The predicted molar refractivity (Wildman–Crippen MR) is 79.3 cm³/mol.